The molecule has 26 heavy (non-hydrogen) atoms. The Bertz CT molecular complexity index is 751. The molecule has 1 fully saturated rings. The predicted molar refractivity (Wildman–Crippen MR) is 107 cm³/mol. The van der Waals surface area contributed by atoms with Gasteiger partial charge in [0.25, 0.3) is 5.91 Å². The molecule has 1 amide bonds. The van der Waals surface area contributed by atoms with Gasteiger partial charge in [-0.25, -0.2) is 4.98 Å². The van der Waals surface area contributed by atoms with Crippen LogP contribution in [-0.2, 0) is 0 Å². The van der Waals surface area contributed by atoms with Gasteiger partial charge in [-0.3, -0.25) is 4.79 Å². The molecule has 1 aromatic heterocycles. The van der Waals surface area contributed by atoms with Gasteiger partial charge in [0.1, 0.15) is 11.6 Å². The van der Waals surface area contributed by atoms with Crippen LogP contribution in [0.4, 0.5) is 5.82 Å². The maximum absolute atomic E-state index is 13.1. The molecule has 1 aliphatic heterocycles. The van der Waals surface area contributed by atoms with Crippen LogP contribution in [0.2, 0.25) is 0 Å². The number of anilines is 1. The Labute approximate surface area is 162 Å². The molecule has 0 spiro atoms. The molecule has 0 bridgehead atoms. The average Bonchev–Trinajstić information content (AvgIpc) is 2.65. The number of ether oxygens (including phenoxy) is 1. The number of piperidine rings is 1. The van der Waals surface area contributed by atoms with Gasteiger partial charge in [0.15, 0.2) is 0 Å². The van der Waals surface area contributed by atoms with Gasteiger partial charge in [-0.05, 0) is 66.9 Å². The highest BCUT2D eigenvalue weighted by Crippen LogP contribution is 2.26. The largest absolute Gasteiger partial charge is 0.493 e. The summed E-state index contributed by atoms with van der Waals surface area (Å²) in [7, 11) is 0. The topological polar surface area (TPSA) is 54.5 Å². The fourth-order valence-corrected chi connectivity index (χ4v) is 3.59. The molecule has 0 saturated carbocycles. The number of rotatable bonds is 5. The van der Waals surface area contributed by atoms with Gasteiger partial charge >= 0.3 is 0 Å². The molecule has 1 saturated heterocycles. The molecule has 2 atom stereocenters. The number of nitrogens with zero attached hydrogens (tertiary/aromatic N) is 2. The van der Waals surface area contributed by atoms with Crippen molar-refractivity contribution >= 4 is 27.7 Å². The van der Waals surface area contributed by atoms with E-state index in [1.165, 1.54) is 0 Å². The van der Waals surface area contributed by atoms with E-state index < -0.39 is 0 Å². The van der Waals surface area contributed by atoms with Crippen LogP contribution in [0.5, 0.6) is 5.75 Å². The van der Waals surface area contributed by atoms with Crippen molar-refractivity contribution in [1.29, 1.82) is 0 Å². The van der Waals surface area contributed by atoms with Crippen LogP contribution in [0.15, 0.2) is 47.1 Å². The number of hydrogen-bond donors (Lipinski definition) is 1. The van der Waals surface area contributed by atoms with Crippen molar-refractivity contribution in [3.05, 3.63) is 52.6 Å². The van der Waals surface area contributed by atoms with Gasteiger partial charge in [0, 0.05) is 29.3 Å². The SMILES string of the molecule is CCOc1ccccc1C(=O)N1CCC[C@@H](Nc2ccc(Br)cn2)[C@H]1C. The van der Waals surface area contributed by atoms with E-state index in [9.17, 15) is 4.79 Å². The lowest BCUT2D eigenvalue weighted by molar-refractivity contribution is 0.0612. The number of likely N-dealkylation sites (tertiary alicyclic amines) is 1. The number of amides is 1. The molecule has 6 heteroatoms. The van der Waals surface area contributed by atoms with Crippen molar-refractivity contribution < 1.29 is 9.53 Å². The summed E-state index contributed by atoms with van der Waals surface area (Å²) >= 11 is 3.40. The quantitative estimate of drug-likeness (QED) is 0.785. The van der Waals surface area contributed by atoms with Crippen molar-refractivity contribution in [3.8, 4) is 5.75 Å². The number of hydrogen-bond acceptors (Lipinski definition) is 4. The highest BCUT2D eigenvalue weighted by Gasteiger charge is 2.32. The first-order valence-corrected chi connectivity index (χ1v) is 9.80. The third kappa shape index (κ3) is 4.18. The lowest BCUT2D eigenvalue weighted by Crippen LogP contribution is -2.52. The van der Waals surface area contributed by atoms with Gasteiger partial charge in [-0.1, -0.05) is 12.1 Å². The Kier molecular flexibility index (Phi) is 6.14. The maximum atomic E-state index is 13.1. The van der Waals surface area contributed by atoms with E-state index in [1.54, 1.807) is 6.20 Å². The van der Waals surface area contributed by atoms with E-state index in [1.807, 2.05) is 48.2 Å². The summed E-state index contributed by atoms with van der Waals surface area (Å²) in [5, 5.41) is 3.48. The molecule has 3 rings (SSSR count). The van der Waals surface area contributed by atoms with Crippen LogP contribution >= 0.6 is 15.9 Å². The number of nitrogens with one attached hydrogen (secondary N) is 1. The Hall–Kier alpha value is -2.08. The summed E-state index contributed by atoms with van der Waals surface area (Å²) in [6, 6.07) is 11.6. The molecule has 2 heterocycles. The molecule has 1 aromatic carbocycles. The van der Waals surface area contributed by atoms with Crippen LogP contribution in [0, 0.1) is 0 Å². The summed E-state index contributed by atoms with van der Waals surface area (Å²) in [4.78, 5) is 19.5. The van der Waals surface area contributed by atoms with Gasteiger partial charge < -0.3 is 15.0 Å². The van der Waals surface area contributed by atoms with Crippen molar-refractivity contribution in [2.75, 3.05) is 18.5 Å². The van der Waals surface area contributed by atoms with E-state index >= 15 is 0 Å². The zero-order valence-corrected chi connectivity index (χ0v) is 16.7. The van der Waals surface area contributed by atoms with Crippen LogP contribution in [0.25, 0.3) is 0 Å². The van der Waals surface area contributed by atoms with E-state index in [0.717, 1.165) is 29.7 Å². The normalized spacial score (nSPS) is 19.9. The molecular formula is C20H24BrN3O2. The zero-order chi connectivity index (χ0) is 18.5. The third-order valence-corrected chi connectivity index (χ3v) is 5.20. The van der Waals surface area contributed by atoms with Crippen molar-refractivity contribution in [3.63, 3.8) is 0 Å². The first-order valence-electron chi connectivity index (χ1n) is 9.01. The summed E-state index contributed by atoms with van der Waals surface area (Å²) in [5.74, 6) is 1.50. The van der Waals surface area contributed by atoms with Crippen LogP contribution in [0.3, 0.4) is 0 Å². The first kappa shape index (κ1) is 18.7. The Morgan fingerprint density at radius 1 is 1.35 bits per heavy atom. The molecule has 1 aliphatic rings. The molecule has 2 aromatic rings. The number of carbonyl (C=O) groups excluding carboxylic acids is 1. The highest BCUT2D eigenvalue weighted by atomic mass is 79.9. The summed E-state index contributed by atoms with van der Waals surface area (Å²) in [6.07, 6.45) is 3.74. The number of pyridine rings is 1. The van der Waals surface area contributed by atoms with E-state index in [4.69, 9.17) is 4.74 Å². The molecule has 0 unspecified atom stereocenters. The molecule has 0 radical (unpaired) electrons. The predicted octanol–water partition coefficient (Wildman–Crippen LogP) is 4.35. The number of para-hydroxylation sites is 1. The second kappa shape index (κ2) is 8.54. The smallest absolute Gasteiger partial charge is 0.257 e. The Balaban J connectivity index is 1.75. The van der Waals surface area contributed by atoms with Crippen LogP contribution in [-0.4, -0.2) is 41.0 Å². The average molecular weight is 418 g/mol. The van der Waals surface area contributed by atoms with Crippen LogP contribution in [0.1, 0.15) is 37.0 Å². The number of aromatic nitrogens is 1. The van der Waals surface area contributed by atoms with Crippen molar-refractivity contribution in [2.24, 2.45) is 0 Å². The minimum atomic E-state index is 0.0248. The highest BCUT2D eigenvalue weighted by molar-refractivity contribution is 9.10. The molecule has 1 N–H and O–H groups in total. The summed E-state index contributed by atoms with van der Waals surface area (Å²) in [5.41, 5.74) is 0.628. The van der Waals surface area contributed by atoms with Gasteiger partial charge in [-0.15, -0.1) is 0 Å². The fourth-order valence-electron chi connectivity index (χ4n) is 3.35. The lowest BCUT2D eigenvalue weighted by atomic mass is 9.96. The van der Waals surface area contributed by atoms with E-state index in [0.29, 0.717) is 17.9 Å². The first-order chi connectivity index (χ1) is 12.6. The second-order valence-electron chi connectivity index (χ2n) is 6.42. The van der Waals surface area contributed by atoms with Gasteiger partial charge in [0.05, 0.1) is 12.2 Å². The number of carbonyl (C=O) groups is 1. The third-order valence-electron chi connectivity index (χ3n) is 4.73. The van der Waals surface area contributed by atoms with E-state index in [-0.39, 0.29) is 18.0 Å². The maximum Gasteiger partial charge on any atom is 0.257 e. The number of halogens is 1. The molecular weight excluding hydrogens is 394 g/mol. The number of benzene rings is 1. The minimum Gasteiger partial charge on any atom is -0.493 e. The Morgan fingerprint density at radius 3 is 2.88 bits per heavy atom. The van der Waals surface area contributed by atoms with Crippen molar-refractivity contribution in [2.45, 2.75) is 38.8 Å². The second-order valence-corrected chi connectivity index (χ2v) is 7.34. The molecule has 5 nitrogen and oxygen atoms in total. The monoisotopic (exact) mass is 417 g/mol. The van der Waals surface area contributed by atoms with Gasteiger partial charge in [-0.2, -0.15) is 0 Å². The zero-order valence-electron chi connectivity index (χ0n) is 15.1. The Morgan fingerprint density at radius 2 is 2.15 bits per heavy atom. The minimum absolute atomic E-state index is 0.0248. The van der Waals surface area contributed by atoms with Crippen molar-refractivity contribution in [1.82, 2.24) is 9.88 Å². The lowest BCUT2D eigenvalue weighted by Gasteiger charge is -2.40. The molecule has 0 aliphatic carbocycles. The molecule has 138 valence electrons. The fraction of sp³-hybridized carbons (Fsp3) is 0.400. The van der Waals surface area contributed by atoms with E-state index in [2.05, 4.69) is 33.2 Å². The van der Waals surface area contributed by atoms with Crippen LogP contribution < -0.4 is 10.1 Å². The standard InChI is InChI=1S/C20H24BrN3O2/c1-3-26-18-9-5-4-7-16(18)20(25)24-12-6-8-17(14(24)2)23-19-11-10-15(21)13-22-19/h4-5,7,9-11,13-14,17H,3,6,8,12H2,1-2H3,(H,22,23)/t14-,17-/m1/s1. The summed E-state index contributed by atoms with van der Waals surface area (Å²) < 4.78 is 6.59. The van der Waals surface area contributed by atoms with Gasteiger partial charge in [0.2, 0.25) is 0 Å². The summed E-state index contributed by atoms with van der Waals surface area (Å²) in [6.45, 7) is 5.32.